The number of carbonyl (C=O) groups is 1. The first-order valence-electron chi connectivity index (χ1n) is 8.13. The van der Waals surface area contributed by atoms with Crippen LogP contribution in [-0.2, 0) is 10.0 Å². The number of nitrogens with zero attached hydrogens (tertiary/aromatic N) is 1. The molecule has 1 amide bonds. The molecular weight excluding hydrogens is 371 g/mol. The Bertz CT molecular complexity index is 988. The van der Waals surface area contributed by atoms with Crippen molar-refractivity contribution in [1.29, 1.82) is 0 Å². The lowest BCUT2D eigenvalue weighted by Gasteiger charge is -2.22. The van der Waals surface area contributed by atoms with E-state index in [9.17, 15) is 17.6 Å². The van der Waals surface area contributed by atoms with Crippen LogP contribution in [0.1, 0.15) is 10.6 Å². The van der Waals surface area contributed by atoms with Gasteiger partial charge in [-0.15, -0.1) is 0 Å². The van der Waals surface area contributed by atoms with Gasteiger partial charge in [-0.25, -0.2) is 17.5 Å². The second-order valence-corrected chi connectivity index (χ2v) is 7.39. The molecular formula is C19H17FN2O4S. The maximum atomic E-state index is 13.2. The smallest absolute Gasteiger partial charge is 0.293 e. The van der Waals surface area contributed by atoms with Gasteiger partial charge in [-0.3, -0.25) is 4.79 Å². The summed E-state index contributed by atoms with van der Waals surface area (Å²) in [4.78, 5) is 14.1. The molecule has 3 aromatic rings. The Hall–Kier alpha value is -2.97. The zero-order chi connectivity index (χ0) is 19.3. The number of nitrogens with one attached hydrogen (secondary N) is 1. The molecule has 8 heteroatoms. The molecule has 0 radical (unpaired) electrons. The lowest BCUT2D eigenvalue weighted by atomic mass is 10.2. The SMILES string of the molecule is O=C(c1ccco1)N(CCNS(=O)(=O)c1ccccc1)c1ccc(F)cc1. The summed E-state index contributed by atoms with van der Waals surface area (Å²) in [5.41, 5.74) is 0.428. The Kier molecular flexibility index (Phi) is 5.68. The van der Waals surface area contributed by atoms with Crippen molar-refractivity contribution in [2.45, 2.75) is 4.90 Å². The number of hydrogen-bond acceptors (Lipinski definition) is 4. The zero-order valence-corrected chi connectivity index (χ0v) is 15.0. The lowest BCUT2D eigenvalue weighted by Crippen LogP contribution is -2.38. The maximum absolute atomic E-state index is 13.2. The Balaban J connectivity index is 1.76. The predicted octanol–water partition coefficient (Wildman–Crippen LogP) is 3.04. The van der Waals surface area contributed by atoms with Crippen LogP contribution in [0.15, 0.2) is 82.3 Å². The minimum atomic E-state index is -3.70. The summed E-state index contributed by atoms with van der Waals surface area (Å²) >= 11 is 0. The number of sulfonamides is 1. The molecule has 0 aliphatic carbocycles. The quantitative estimate of drug-likeness (QED) is 0.675. The summed E-state index contributed by atoms with van der Waals surface area (Å²) in [6.45, 7) is 0.0122. The van der Waals surface area contributed by atoms with Crippen molar-refractivity contribution in [1.82, 2.24) is 4.72 Å². The van der Waals surface area contributed by atoms with E-state index in [1.165, 1.54) is 53.6 Å². The van der Waals surface area contributed by atoms with Gasteiger partial charge in [-0.2, -0.15) is 0 Å². The van der Waals surface area contributed by atoms with Crippen LogP contribution in [0.3, 0.4) is 0 Å². The summed E-state index contributed by atoms with van der Waals surface area (Å²) in [5, 5.41) is 0. The summed E-state index contributed by atoms with van der Waals surface area (Å²) in [5.74, 6) is -0.787. The fraction of sp³-hybridized carbons (Fsp3) is 0.105. The Morgan fingerprint density at radius 2 is 1.70 bits per heavy atom. The monoisotopic (exact) mass is 388 g/mol. The van der Waals surface area contributed by atoms with Gasteiger partial charge in [0, 0.05) is 18.8 Å². The highest BCUT2D eigenvalue weighted by atomic mass is 32.2. The van der Waals surface area contributed by atoms with Crippen LogP contribution in [0.5, 0.6) is 0 Å². The molecule has 1 heterocycles. The van der Waals surface area contributed by atoms with Crippen molar-refractivity contribution in [3.05, 3.63) is 84.6 Å². The third kappa shape index (κ3) is 4.60. The van der Waals surface area contributed by atoms with Gasteiger partial charge >= 0.3 is 0 Å². The first-order chi connectivity index (χ1) is 13.0. The van der Waals surface area contributed by atoms with Gasteiger partial charge in [0.15, 0.2) is 5.76 Å². The fourth-order valence-electron chi connectivity index (χ4n) is 2.48. The van der Waals surface area contributed by atoms with Crippen LogP contribution in [0.25, 0.3) is 0 Å². The average Bonchev–Trinajstić information content (AvgIpc) is 3.21. The van der Waals surface area contributed by atoms with Crippen molar-refractivity contribution in [3.8, 4) is 0 Å². The Morgan fingerprint density at radius 3 is 2.33 bits per heavy atom. The Morgan fingerprint density at radius 1 is 1.00 bits per heavy atom. The van der Waals surface area contributed by atoms with E-state index in [0.717, 1.165) is 0 Å². The van der Waals surface area contributed by atoms with Gasteiger partial charge in [0.25, 0.3) is 5.91 Å². The molecule has 0 atom stereocenters. The molecule has 0 fully saturated rings. The molecule has 6 nitrogen and oxygen atoms in total. The number of carbonyl (C=O) groups excluding carboxylic acids is 1. The van der Waals surface area contributed by atoms with E-state index < -0.39 is 21.7 Å². The largest absolute Gasteiger partial charge is 0.459 e. The van der Waals surface area contributed by atoms with Gasteiger partial charge in [0.05, 0.1) is 11.2 Å². The number of amides is 1. The van der Waals surface area contributed by atoms with Crippen LogP contribution in [0, 0.1) is 5.82 Å². The van der Waals surface area contributed by atoms with Crippen LogP contribution < -0.4 is 9.62 Å². The highest BCUT2D eigenvalue weighted by Crippen LogP contribution is 2.18. The molecule has 0 spiro atoms. The van der Waals surface area contributed by atoms with Crippen molar-refractivity contribution >= 4 is 21.6 Å². The van der Waals surface area contributed by atoms with E-state index in [4.69, 9.17) is 4.42 Å². The van der Waals surface area contributed by atoms with Crippen LogP contribution in [0.4, 0.5) is 10.1 Å². The normalized spacial score (nSPS) is 11.3. The molecule has 1 N–H and O–H groups in total. The third-order valence-corrected chi connectivity index (χ3v) is 5.27. The van der Waals surface area contributed by atoms with E-state index in [-0.39, 0.29) is 23.7 Å². The van der Waals surface area contributed by atoms with Crippen LogP contribution in [-0.4, -0.2) is 27.4 Å². The minimum absolute atomic E-state index is 0.0267. The van der Waals surface area contributed by atoms with E-state index in [1.807, 2.05) is 0 Å². The molecule has 1 aromatic heterocycles. The molecule has 0 unspecified atom stereocenters. The lowest BCUT2D eigenvalue weighted by molar-refractivity contribution is 0.0960. The van der Waals surface area contributed by atoms with Gasteiger partial charge < -0.3 is 9.32 Å². The van der Waals surface area contributed by atoms with Crippen molar-refractivity contribution in [2.75, 3.05) is 18.0 Å². The number of benzene rings is 2. The van der Waals surface area contributed by atoms with Crippen LogP contribution in [0.2, 0.25) is 0 Å². The first-order valence-corrected chi connectivity index (χ1v) is 9.61. The average molecular weight is 388 g/mol. The summed E-state index contributed by atoms with van der Waals surface area (Å²) < 4.78 is 45.4. The number of rotatable bonds is 7. The molecule has 27 heavy (non-hydrogen) atoms. The van der Waals surface area contributed by atoms with Gasteiger partial charge in [-0.1, -0.05) is 18.2 Å². The molecule has 3 rings (SSSR count). The van der Waals surface area contributed by atoms with Gasteiger partial charge in [-0.05, 0) is 48.5 Å². The standard InChI is InChI=1S/C19H17FN2O4S/c20-15-8-10-16(11-9-15)22(19(23)18-7-4-14-26-18)13-12-21-27(24,25)17-5-2-1-3-6-17/h1-11,14,21H,12-13H2. The topological polar surface area (TPSA) is 79.6 Å². The van der Waals surface area contributed by atoms with E-state index in [1.54, 1.807) is 24.3 Å². The molecule has 140 valence electrons. The fourth-order valence-corrected chi connectivity index (χ4v) is 3.52. The number of anilines is 1. The molecule has 0 aliphatic heterocycles. The predicted molar refractivity (Wildman–Crippen MR) is 98.4 cm³/mol. The molecule has 2 aromatic carbocycles. The van der Waals surface area contributed by atoms with Crippen molar-refractivity contribution in [3.63, 3.8) is 0 Å². The molecule has 0 bridgehead atoms. The van der Waals surface area contributed by atoms with Crippen molar-refractivity contribution < 1.29 is 22.0 Å². The van der Waals surface area contributed by atoms with E-state index >= 15 is 0 Å². The summed E-state index contributed by atoms with van der Waals surface area (Å²) in [6.07, 6.45) is 1.37. The zero-order valence-electron chi connectivity index (χ0n) is 14.2. The van der Waals surface area contributed by atoms with Gasteiger partial charge in [0.2, 0.25) is 10.0 Å². The van der Waals surface area contributed by atoms with E-state index in [0.29, 0.717) is 5.69 Å². The Labute approximate surface area is 156 Å². The second-order valence-electron chi connectivity index (χ2n) is 5.62. The van der Waals surface area contributed by atoms with Crippen LogP contribution >= 0.6 is 0 Å². The van der Waals surface area contributed by atoms with Gasteiger partial charge in [0.1, 0.15) is 5.82 Å². The number of hydrogen-bond donors (Lipinski definition) is 1. The summed E-state index contributed by atoms with van der Waals surface area (Å²) in [6, 6.07) is 16.4. The number of halogens is 1. The third-order valence-electron chi connectivity index (χ3n) is 3.80. The second kappa shape index (κ2) is 8.15. The first kappa shape index (κ1) is 18.8. The number of furan rings is 1. The molecule has 0 saturated heterocycles. The maximum Gasteiger partial charge on any atom is 0.293 e. The summed E-state index contributed by atoms with van der Waals surface area (Å²) in [7, 11) is -3.70. The van der Waals surface area contributed by atoms with Crippen molar-refractivity contribution in [2.24, 2.45) is 0 Å². The molecule has 0 saturated carbocycles. The minimum Gasteiger partial charge on any atom is -0.459 e. The molecule has 0 aliphatic rings. The van der Waals surface area contributed by atoms with E-state index in [2.05, 4.69) is 4.72 Å². The highest BCUT2D eigenvalue weighted by Gasteiger charge is 2.21. The highest BCUT2D eigenvalue weighted by molar-refractivity contribution is 7.89.